The van der Waals surface area contributed by atoms with E-state index in [1.807, 2.05) is 0 Å². The molecule has 1 aliphatic heterocycles. The summed E-state index contributed by atoms with van der Waals surface area (Å²) >= 11 is 0. The third-order valence-electron chi connectivity index (χ3n) is 4.16. The largest absolute Gasteiger partial charge is 0.387 e. The molecule has 0 aromatic heterocycles. The Morgan fingerprint density at radius 2 is 2.12 bits per heavy atom. The van der Waals surface area contributed by atoms with Crippen LogP contribution >= 0.6 is 0 Å². The van der Waals surface area contributed by atoms with Gasteiger partial charge in [-0.2, -0.15) is 0 Å². The molecule has 0 radical (unpaired) electrons. The predicted molar refractivity (Wildman–Crippen MR) is 74.4 cm³/mol. The number of rotatable bonds is 6. The van der Waals surface area contributed by atoms with E-state index in [4.69, 9.17) is 11.1 Å². The molecule has 1 rings (SSSR count). The minimum Gasteiger partial charge on any atom is -0.387 e. The number of likely N-dealkylation sites (tertiary alicyclic amines) is 1. The van der Waals surface area contributed by atoms with Gasteiger partial charge >= 0.3 is 0 Å². The standard InChI is InChI=1S/C14H29N3/c1-11(2)12-7-5-9-17(12)10-6-8-14(3,4)13(15)16/h11-12H,5-10H2,1-4H3,(H3,15,16). The van der Waals surface area contributed by atoms with Crippen LogP contribution < -0.4 is 5.73 Å². The van der Waals surface area contributed by atoms with Gasteiger partial charge in [0.1, 0.15) is 0 Å². The summed E-state index contributed by atoms with van der Waals surface area (Å²) < 4.78 is 0. The van der Waals surface area contributed by atoms with Crippen LogP contribution in [0.15, 0.2) is 0 Å². The Hall–Kier alpha value is -0.570. The summed E-state index contributed by atoms with van der Waals surface area (Å²) in [7, 11) is 0. The van der Waals surface area contributed by atoms with Gasteiger partial charge in [-0.05, 0) is 44.7 Å². The van der Waals surface area contributed by atoms with Crippen LogP contribution in [0.25, 0.3) is 0 Å². The van der Waals surface area contributed by atoms with Crippen LogP contribution in [0.5, 0.6) is 0 Å². The lowest BCUT2D eigenvalue weighted by molar-refractivity contribution is 0.198. The van der Waals surface area contributed by atoms with Gasteiger partial charge in [0.05, 0.1) is 5.84 Å². The molecule has 0 bridgehead atoms. The Balaban J connectivity index is 2.34. The molecule has 3 heteroatoms. The molecule has 0 aromatic rings. The Labute approximate surface area is 106 Å². The van der Waals surface area contributed by atoms with E-state index in [-0.39, 0.29) is 5.41 Å². The molecule has 1 unspecified atom stereocenters. The fraction of sp³-hybridized carbons (Fsp3) is 0.929. The maximum absolute atomic E-state index is 7.56. The van der Waals surface area contributed by atoms with Crippen molar-refractivity contribution < 1.29 is 0 Å². The maximum Gasteiger partial charge on any atom is 0.0963 e. The molecule has 17 heavy (non-hydrogen) atoms. The average molecular weight is 239 g/mol. The first kappa shape index (κ1) is 14.5. The van der Waals surface area contributed by atoms with Crippen molar-refractivity contribution in [1.29, 1.82) is 5.41 Å². The highest BCUT2D eigenvalue weighted by atomic mass is 15.2. The number of hydrogen-bond acceptors (Lipinski definition) is 2. The van der Waals surface area contributed by atoms with E-state index in [0.717, 1.165) is 24.8 Å². The Bertz CT molecular complexity index is 258. The van der Waals surface area contributed by atoms with Crippen molar-refractivity contribution in [2.24, 2.45) is 17.1 Å². The van der Waals surface area contributed by atoms with Gasteiger partial charge in [0.2, 0.25) is 0 Å². The van der Waals surface area contributed by atoms with E-state index in [9.17, 15) is 0 Å². The SMILES string of the molecule is CC(C)C1CCCN1CCCC(C)(C)C(=N)N. The molecule has 3 N–H and O–H groups in total. The summed E-state index contributed by atoms with van der Waals surface area (Å²) in [5.74, 6) is 1.08. The van der Waals surface area contributed by atoms with E-state index in [2.05, 4.69) is 32.6 Å². The fourth-order valence-electron chi connectivity index (χ4n) is 2.74. The number of hydrogen-bond donors (Lipinski definition) is 2. The number of nitrogens with zero attached hydrogens (tertiary/aromatic N) is 1. The molecule has 1 atom stereocenters. The van der Waals surface area contributed by atoms with E-state index in [1.165, 1.54) is 25.9 Å². The smallest absolute Gasteiger partial charge is 0.0963 e. The second-order valence-electron chi connectivity index (χ2n) is 6.39. The lowest BCUT2D eigenvalue weighted by Gasteiger charge is -2.29. The van der Waals surface area contributed by atoms with Crippen molar-refractivity contribution in [2.75, 3.05) is 13.1 Å². The molecule has 1 heterocycles. The van der Waals surface area contributed by atoms with Gasteiger partial charge in [0.25, 0.3) is 0 Å². The van der Waals surface area contributed by atoms with Crippen LogP contribution in [-0.2, 0) is 0 Å². The highest BCUT2D eigenvalue weighted by Gasteiger charge is 2.27. The van der Waals surface area contributed by atoms with Crippen LogP contribution in [0.3, 0.4) is 0 Å². The molecule has 1 fully saturated rings. The number of nitrogens with one attached hydrogen (secondary N) is 1. The lowest BCUT2D eigenvalue weighted by atomic mass is 9.86. The van der Waals surface area contributed by atoms with Gasteiger partial charge in [-0.25, -0.2) is 0 Å². The van der Waals surface area contributed by atoms with Crippen molar-refractivity contribution in [2.45, 2.75) is 59.4 Å². The molecule has 1 saturated heterocycles. The average Bonchev–Trinajstić information content (AvgIpc) is 2.65. The third kappa shape index (κ3) is 3.98. The first-order valence-corrected chi connectivity index (χ1v) is 6.93. The van der Waals surface area contributed by atoms with Crippen LogP contribution in [0, 0.1) is 16.7 Å². The molecule has 0 spiro atoms. The van der Waals surface area contributed by atoms with Crippen molar-refractivity contribution >= 4 is 5.84 Å². The van der Waals surface area contributed by atoms with E-state index < -0.39 is 0 Å². The molecule has 100 valence electrons. The zero-order chi connectivity index (χ0) is 13.1. The Kier molecular flexibility index (Phi) is 4.99. The summed E-state index contributed by atoms with van der Waals surface area (Å²) in [5.41, 5.74) is 5.48. The fourth-order valence-corrected chi connectivity index (χ4v) is 2.74. The summed E-state index contributed by atoms with van der Waals surface area (Å²) in [4.78, 5) is 2.63. The molecule has 1 aliphatic rings. The minimum absolute atomic E-state index is 0.132. The minimum atomic E-state index is -0.132. The molecule has 0 aliphatic carbocycles. The maximum atomic E-state index is 7.56. The van der Waals surface area contributed by atoms with Gasteiger partial charge in [-0.15, -0.1) is 0 Å². The molecular formula is C14H29N3. The molecular weight excluding hydrogens is 210 g/mol. The summed E-state index contributed by atoms with van der Waals surface area (Å²) in [5, 5.41) is 7.56. The quantitative estimate of drug-likeness (QED) is 0.553. The first-order valence-electron chi connectivity index (χ1n) is 6.93. The third-order valence-corrected chi connectivity index (χ3v) is 4.16. The molecule has 0 aromatic carbocycles. The monoisotopic (exact) mass is 239 g/mol. The van der Waals surface area contributed by atoms with Crippen molar-refractivity contribution in [3.8, 4) is 0 Å². The molecule has 0 saturated carbocycles. The van der Waals surface area contributed by atoms with Crippen molar-refractivity contribution in [1.82, 2.24) is 4.90 Å². The second kappa shape index (κ2) is 5.85. The normalized spacial score (nSPS) is 22.3. The predicted octanol–water partition coefficient (Wildman–Crippen LogP) is 2.85. The van der Waals surface area contributed by atoms with Crippen molar-refractivity contribution in [3.05, 3.63) is 0 Å². The summed E-state index contributed by atoms with van der Waals surface area (Å²) in [6, 6.07) is 0.774. The lowest BCUT2D eigenvalue weighted by Crippen LogP contribution is -2.36. The zero-order valence-electron chi connectivity index (χ0n) is 11.9. The summed E-state index contributed by atoms with van der Waals surface area (Å²) in [6.45, 7) is 11.2. The van der Waals surface area contributed by atoms with Gasteiger partial charge in [-0.3, -0.25) is 5.41 Å². The van der Waals surface area contributed by atoms with Crippen LogP contribution in [0.1, 0.15) is 53.4 Å². The second-order valence-corrected chi connectivity index (χ2v) is 6.39. The molecule has 0 amide bonds. The molecule has 3 nitrogen and oxygen atoms in total. The van der Waals surface area contributed by atoms with Gasteiger partial charge in [0, 0.05) is 11.5 Å². The Morgan fingerprint density at radius 1 is 1.47 bits per heavy atom. The summed E-state index contributed by atoms with van der Waals surface area (Å²) in [6.07, 6.45) is 4.87. The Morgan fingerprint density at radius 3 is 2.65 bits per heavy atom. The van der Waals surface area contributed by atoms with Gasteiger partial charge < -0.3 is 10.6 Å². The highest BCUT2D eigenvalue weighted by Crippen LogP contribution is 2.26. The van der Waals surface area contributed by atoms with E-state index >= 15 is 0 Å². The highest BCUT2D eigenvalue weighted by molar-refractivity contribution is 5.82. The topological polar surface area (TPSA) is 53.1 Å². The number of amidine groups is 1. The van der Waals surface area contributed by atoms with E-state index in [1.54, 1.807) is 0 Å². The van der Waals surface area contributed by atoms with E-state index in [0.29, 0.717) is 5.84 Å². The zero-order valence-corrected chi connectivity index (χ0v) is 11.9. The van der Waals surface area contributed by atoms with Crippen LogP contribution in [-0.4, -0.2) is 29.9 Å². The van der Waals surface area contributed by atoms with Crippen LogP contribution in [0.4, 0.5) is 0 Å². The van der Waals surface area contributed by atoms with Crippen molar-refractivity contribution in [3.63, 3.8) is 0 Å². The number of nitrogens with two attached hydrogens (primary N) is 1. The first-order chi connectivity index (χ1) is 7.84. The van der Waals surface area contributed by atoms with Gasteiger partial charge in [0.15, 0.2) is 0 Å². The van der Waals surface area contributed by atoms with Gasteiger partial charge in [-0.1, -0.05) is 27.7 Å². The van der Waals surface area contributed by atoms with Crippen LogP contribution in [0.2, 0.25) is 0 Å².